The Hall–Kier alpha value is -2.22. The molecular formula is C19H23N3O3S. The molecule has 1 saturated heterocycles. The van der Waals surface area contributed by atoms with Crippen LogP contribution in [0.1, 0.15) is 30.9 Å². The summed E-state index contributed by atoms with van der Waals surface area (Å²) < 4.78 is 22.8. The van der Waals surface area contributed by atoms with Gasteiger partial charge in [0.15, 0.2) is 0 Å². The number of rotatable bonds is 6. The summed E-state index contributed by atoms with van der Waals surface area (Å²) in [7, 11) is -3.78. The number of anilines is 1. The Morgan fingerprint density at radius 2 is 1.92 bits per heavy atom. The lowest BCUT2D eigenvalue weighted by Crippen LogP contribution is -2.27. The molecular weight excluding hydrogens is 350 g/mol. The van der Waals surface area contributed by atoms with Gasteiger partial charge in [-0.1, -0.05) is 36.4 Å². The molecule has 1 amide bonds. The van der Waals surface area contributed by atoms with E-state index >= 15 is 0 Å². The molecule has 2 aromatic rings. The first-order valence-electron chi connectivity index (χ1n) is 8.65. The summed E-state index contributed by atoms with van der Waals surface area (Å²) in [6.45, 7) is 1.65. The van der Waals surface area contributed by atoms with Gasteiger partial charge in [-0.3, -0.25) is 9.69 Å². The first-order chi connectivity index (χ1) is 12.4. The molecule has 0 saturated carbocycles. The highest BCUT2D eigenvalue weighted by molar-refractivity contribution is 7.89. The minimum absolute atomic E-state index is 0.0148. The Balaban J connectivity index is 1.57. The lowest BCUT2D eigenvalue weighted by atomic mass is 10.0. The van der Waals surface area contributed by atoms with Gasteiger partial charge in [-0.05, 0) is 43.1 Å². The summed E-state index contributed by atoms with van der Waals surface area (Å²) >= 11 is 0. The third-order valence-electron chi connectivity index (χ3n) is 4.62. The molecule has 138 valence electrons. The van der Waals surface area contributed by atoms with Crippen LogP contribution in [0.3, 0.4) is 0 Å². The van der Waals surface area contributed by atoms with E-state index in [4.69, 9.17) is 5.14 Å². The highest BCUT2D eigenvalue weighted by atomic mass is 32.2. The first-order valence-corrected chi connectivity index (χ1v) is 10.2. The molecule has 6 nitrogen and oxygen atoms in total. The summed E-state index contributed by atoms with van der Waals surface area (Å²) in [5.41, 5.74) is 1.72. The van der Waals surface area contributed by atoms with E-state index in [9.17, 15) is 13.2 Å². The van der Waals surface area contributed by atoms with E-state index in [-0.39, 0.29) is 10.8 Å². The Bertz CT molecular complexity index is 869. The Labute approximate surface area is 154 Å². The largest absolute Gasteiger partial charge is 0.326 e. The van der Waals surface area contributed by atoms with Crippen molar-refractivity contribution in [2.45, 2.75) is 30.2 Å². The molecule has 3 N–H and O–H groups in total. The fourth-order valence-corrected chi connectivity index (χ4v) is 3.93. The second kappa shape index (κ2) is 7.99. The molecule has 26 heavy (non-hydrogen) atoms. The second-order valence-corrected chi connectivity index (χ2v) is 8.04. The summed E-state index contributed by atoms with van der Waals surface area (Å²) in [6.07, 6.45) is 2.57. The van der Waals surface area contributed by atoms with E-state index in [2.05, 4.69) is 22.3 Å². The fourth-order valence-electron chi connectivity index (χ4n) is 3.37. The molecule has 0 aromatic heterocycles. The van der Waals surface area contributed by atoms with Gasteiger partial charge < -0.3 is 5.32 Å². The van der Waals surface area contributed by atoms with Gasteiger partial charge in [0.2, 0.25) is 15.9 Å². The van der Waals surface area contributed by atoms with Gasteiger partial charge in [0.25, 0.3) is 0 Å². The van der Waals surface area contributed by atoms with E-state index in [0.29, 0.717) is 24.7 Å². The molecule has 3 rings (SSSR count). The topological polar surface area (TPSA) is 92.5 Å². The molecule has 1 atom stereocenters. The molecule has 1 fully saturated rings. The predicted octanol–water partition coefficient (Wildman–Crippen LogP) is 2.50. The van der Waals surface area contributed by atoms with Crippen molar-refractivity contribution < 1.29 is 13.2 Å². The van der Waals surface area contributed by atoms with Crippen molar-refractivity contribution in [1.29, 1.82) is 0 Å². The lowest BCUT2D eigenvalue weighted by Gasteiger charge is -2.24. The van der Waals surface area contributed by atoms with Crippen LogP contribution in [-0.2, 0) is 14.8 Å². The van der Waals surface area contributed by atoms with Gasteiger partial charge in [-0.15, -0.1) is 0 Å². The molecule has 2 aromatic carbocycles. The summed E-state index contributed by atoms with van der Waals surface area (Å²) in [5, 5.41) is 7.87. The van der Waals surface area contributed by atoms with Gasteiger partial charge in [0.05, 0.1) is 4.90 Å². The third-order valence-corrected chi connectivity index (χ3v) is 5.53. The number of nitrogens with one attached hydrogen (secondary N) is 1. The first kappa shape index (κ1) is 18.6. The van der Waals surface area contributed by atoms with Crippen LogP contribution in [-0.4, -0.2) is 32.3 Å². The maximum atomic E-state index is 12.3. The van der Waals surface area contributed by atoms with Crippen molar-refractivity contribution in [2.24, 2.45) is 5.14 Å². The van der Waals surface area contributed by atoms with Gasteiger partial charge in [0, 0.05) is 24.7 Å². The van der Waals surface area contributed by atoms with Crippen molar-refractivity contribution in [3.8, 4) is 0 Å². The minimum Gasteiger partial charge on any atom is -0.326 e. The number of hydrogen-bond donors (Lipinski definition) is 2. The van der Waals surface area contributed by atoms with Crippen LogP contribution in [0, 0.1) is 0 Å². The van der Waals surface area contributed by atoms with Crippen molar-refractivity contribution in [3.63, 3.8) is 0 Å². The van der Waals surface area contributed by atoms with Crippen LogP contribution in [0.25, 0.3) is 0 Å². The SMILES string of the molecule is NS(=O)(=O)c1cccc(NC(=O)CCN2CCCC2c2ccccc2)c1. The van der Waals surface area contributed by atoms with Crippen molar-refractivity contribution >= 4 is 21.6 Å². The Morgan fingerprint density at radius 1 is 1.15 bits per heavy atom. The number of sulfonamides is 1. The molecule has 1 aliphatic heterocycles. The molecule has 0 spiro atoms. The predicted molar refractivity (Wildman–Crippen MR) is 101 cm³/mol. The molecule has 7 heteroatoms. The van der Waals surface area contributed by atoms with Crippen LogP contribution in [0.2, 0.25) is 0 Å². The highest BCUT2D eigenvalue weighted by Gasteiger charge is 2.25. The monoisotopic (exact) mass is 373 g/mol. The van der Waals surface area contributed by atoms with Crippen LogP contribution < -0.4 is 10.5 Å². The maximum Gasteiger partial charge on any atom is 0.238 e. The molecule has 0 aliphatic carbocycles. The highest BCUT2D eigenvalue weighted by Crippen LogP contribution is 2.31. The number of benzene rings is 2. The van der Waals surface area contributed by atoms with Crippen LogP contribution in [0.15, 0.2) is 59.5 Å². The Kier molecular flexibility index (Phi) is 5.70. The number of nitrogens with zero attached hydrogens (tertiary/aromatic N) is 1. The zero-order valence-corrected chi connectivity index (χ0v) is 15.3. The van der Waals surface area contributed by atoms with Gasteiger partial charge >= 0.3 is 0 Å². The average Bonchev–Trinajstić information content (AvgIpc) is 3.09. The molecule has 0 bridgehead atoms. The number of amides is 1. The number of primary sulfonamides is 1. The van der Waals surface area contributed by atoms with E-state index in [1.165, 1.54) is 17.7 Å². The number of carbonyl (C=O) groups is 1. The molecule has 0 radical (unpaired) electrons. The van der Waals surface area contributed by atoms with Crippen LogP contribution in [0.5, 0.6) is 0 Å². The fraction of sp³-hybridized carbons (Fsp3) is 0.316. The zero-order valence-electron chi connectivity index (χ0n) is 14.5. The van der Waals surface area contributed by atoms with Gasteiger partial charge in [-0.25, -0.2) is 13.6 Å². The van der Waals surface area contributed by atoms with Crippen molar-refractivity contribution in [3.05, 3.63) is 60.2 Å². The normalized spacial score (nSPS) is 18.0. The van der Waals surface area contributed by atoms with Crippen molar-refractivity contribution in [2.75, 3.05) is 18.4 Å². The summed E-state index contributed by atoms with van der Waals surface area (Å²) in [5.74, 6) is -0.143. The lowest BCUT2D eigenvalue weighted by molar-refractivity contribution is -0.116. The zero-order chi connectivity index (χ0) is 18.6. The summed E-state index contributed by atoms with van der Waals surface area (Å²) in [4.78, 5) is 14.6. The van der Waals surface area contributed by atoms with E-state index in [0.717, 1.165) is 19.4 Å². The smallest absolute Gasteiger partial charge is 0.238 e. The molecule has 1 unspecified atom stereocenters. The second-order valence-electron chi connectivity index (χ2n) is 6.48. The maximum absolute atomic E-state index is 12.3. The number of hydrogen-bond acceptors (Lipinski definition) is 4. The van der Waals surface area contributed by atoms with E-state index in [1.807, 2.05) is 18.2 Å². The number of carbonyl (C=O) groups excluding carboxylic acids is 1. The summed E-state index contributed by atoms with van der Waals surface area (Å²) in [6, 6.07) is 16.7. The third kappa shape index (κ3) is 4.69. The van der Waals surface area contributed by atoms with E-state index in [1.54, 1.807) is 12.1 Å². The number of nitrogens with two attached hydrogens (primary N) is 1. The molecule has 1 aliphatic rings. The van der Waals surface area contributed by atoms with E-state index < -0.39 is 10.0 Å². The Morgan fingerprint density at radius 3 is 2.65 bits per heavy atom. The van der Waals surface area contributed by atoms with Gasteiger partial charge in [0.1, 0.15) is 0 Å². The van der Waals surface area contributed by atoms with Crippen molar-refractivity contribution in [1.82, 2.24) is 4.90 Å². The van der Waals surface area contributed by atoms with Crippen LogP contribution >= 0.6 is 0 Å². The number of likely N-dealkylation sites (tertiary alicyclic amines) is 1. The quantitative estimate of drug-likeness (QED) is 0.814. The standard InChI is InChI=1S/C19H23N3O3S/c20-26(24,25)17-9-4-8-16(14-17)21-19(23)11-13-22-12-5-10-18(22)15-6-2-1-3-7-15/h1-4,6-9,14,18H,5,10-13H2,(H,21,23)(H2,20,24,25). The molecule has 1 heterocycles. The van der Waals surface area contributed by atoms with Gasteiger partial charge in [-0.2, -0.15) is 0 Å². The van der Waals surface area contributed by atoms with Crippen LogP contribution in [0.4, 0.5) is 5.69 Å². The minimum atomic E-state index is -3.78. The average molecular weight is 373 g/mol.